The van der Waals surface area contributed by atoms with E-state index in [0.29, 0.717) is 11.5 Å². The molecule has 1 atom stereocenters. The summed E-state index contributed by atoms with van der Waals surface area (Å²) in [4.78, 5) is 12.2. The molecule has 0 saturated heterocycles. The number of fused-ring (bicyclic) bond motifs is 1. The Morgan fingerprint density at radius 1 is 1.25 bits per heavy atom. The number of methoxy groups -OCH3 is 2. The highest BCUT2D eigenvalue weighted by Crippen LogP contribution is 2.35. The first-order valence-corrected chi connectivity index (χ1v) is 8.03. The summed E-state index contributed by atoms with van der Waals surface area (Å²) in [5, 5.41) is 2.97. The number of rotatable bonds is 5. The molecule has 1 heterocycles. The van der Waals surface area contributed by atoms with E-state index in [2.05, 4.69) is 27.9 Å². The van der Waals surface area contributed by atoms with E-state index in [1.165, 1.54) is 0 Å². The molecular weight excluding hydrogens is 369 g/mol. The highest BCUT2D eigenvalue weighted by atomic mass is 127. The molecule has 1 unspecified atom stereocenters. The van der Waals surface area contributed by atoms with Crippen LogP contribution in [-0.4, -0.2) is 24.6 Å². The van der Waals surface area contributed by atoms with Crippen LogP contribution in [0.1, 0.15) is 18.4 Å². The Balaban J connectivity index is 2.31. The molecule has 0 fully saturated rings. The van der Waals surface area contributed by atoms with Crippen molar-refractivity contribution in [2.45, 2.75) is 12.8 Å². The van der Waals surface area contributed by atoms with Gasteiger partial charge in [0.25, 0.3) is 0 Å². The monoisotopic (exact) mass is 387 g/mol. The van der Waals surface area contributed by atoms with Crippen molar-refractivity contribution in [2.24, 2.45) is 5.92 Å². The Kier molecular flexibility index (Phi) is 5.28. The third-order valence-corrected chi connectivity index (χ3v) is 4.07. The molecule has 0 aromatic heterocycles. The quantitative estimate of drug-likeness (QED) is 0.622. The number of amides is 1. The topological polar surface area (TPSA) is 47.6 Å². The molecule has 1 N–H and O–H groups in total. The van der Waals surface area contributed by atoms with Crippen molar-refractivity contribution >= 4 is 40.3 Å². The zero-order valence-electron chi connectivity index (χ0n) is 11.6. The van der Waals surface area contributed by atoms with Gasteiger partial charge in [0, 0.05) is 11.6 Å². The van der Waals surface area contributed by atoms with Gasteiger partial charge in [-0.2, -0.15) is 0 Å². The maximum atomic E-state index is 12.2. The Morgan fingerprint density at radius 2 is 1.95 bits per heavy atom. The summed E-state index contributed by atoms with van der Waals surface area (Å²) in [7, 11) is 3.19. The first-order chi connectivity index (χ1) is 9.69. The van der Waals surface area contributed by atoms with Crippen LogP contribution in [0, 0.1) is 5.92 Å². The number of benzene rings is 1. The third kappa shape index (κ3) is 3.26. The number of alkyl halides is 1. The van der Waals surface area contributed by atoms with Crippen molar-refractivity contribution in [2.75, 3.05) is 24.0 Å². The number of carbonyl (C=O) groups is 1. The SMILES string of the molecule is COc1cc2c(cc1OC)NC(=O)C(CCCI)C=C2. The van der Waals surface area contributed by atoms with E-state index in [-0.39, 0.29) is 11.8 Å². The molecule has 1 aliphatic heterocycles. The molecule has 1 amide bonds. The van der Waals surface area contributed by atoms with Gasteiger partial charge in [-0.3, -0.25) is 4.79 Å². The molecule has 0 bridgehead atoms. The van der Waals surface area contributed by atoms with Crippen molar-refractivity contribution in [3.63, 3.8) is 0 Å². The Bertz CT molecular complexity index is 528. The summed E-state index contributed by atoms with van der Waals surface area (Å²) in [6, 6.07) is 3.68. The number of hydrogen-bond acceptors (Lipinski definition) is 3. The predicted molar refractivity (Wildman–Crippen MR) is 88.8 cm³/mol. The predicted octanol–water partition coefficient (Wildman–Crippen LogP) is 3.50. The van der Waals surface area contributed by atoms with Crippen molar-refractivity contribution in [3.8, 4) is 11.5 Å². The first-order valence-electron chi connectivity index (χ1n) is 6.50. The highest BCUT2D eigenvalue weighted by molar-refractivity contribution is 14.1. The molecule has 20 heavy (non-hydrogen) atoms. The van der Waals surface area contributed by atoms with Crippen molar-refractivity contribution < 1.29 is 14.3 Å². The third-order valence-electron chi connectivity index (χ3n) is 3.31. The first kappa shape index (κ1) is 15.2. The smallest absolute Gasteiger partial charge is 0.231 e. The number of hydrogen-bond donors (Lipinski definition) is 1. The van der Waals surface area contributed by atoms with Crippen LogP contribution in [0.5, 0.6) is 11.5 Å². The molecule has 0 spiro atoms. The van der Waals surface area contributed by atoms with Gasteiger partial charge < -0.3 is 14.8 Å². The van der Waals surface area contributed by atoms with Crippen LogP contribution in [0.4, 0.5) is 5.69 Å². The Labute approximate surface area is 132 Å². The Morgan fingerprint density at radius 3 is 2.60 bits per heavy atom. The molecule has 5 heteroatoms. The highest BCUT2D eigenvalue weighted by Gasteiger charge is 2.20. The minimum atomic E-state index is -0.0749. The minimum absolute atomic E-state index is 0.0390. The molecule has 0 saturated carbocycles. The van der Waals surface area contributed by atoms with Gasteiger partial charge in [-0.25, -0.2) is 0 Å². The van der Waals surface area contributed by atoms with Crippen molar-refractivity contribution in [1.29, 1.82) is 0 Å². The van der Waals surface area contributed by atoms with Crippen LogP contribution in [0.25, 0.3) is 6.08 Å². The van der Waals surface area contributed by atoms with E-state index in [1.54, 1.807) is 20.3 Å². The molecular formula is C15H18INO3. The van der Waals surface area contributed by atoms with Crippen LogP contribution < -0.4 is 14.8 Å². The summed E-state index contributed by atoms with van der Waals surface area (Å²) in [6.45, 7) is 0. The molecule has 1 aliphatic rings. The van der Waals surface area contributed by atoms with E-state index in [1.807, 2.05) is 18.2 Å². The fourth-order valence-electron chi connectivity index (χ4n) is 2.20. The second-order valence-corrected chi connectivity index (χ2v) is 5.66. The second-order valence-electron chi connectivity index (χ2n) is 4.58. The lowest BCUT2D eigenvalue weighted by Gasteiger charge is -2.13. The van der Waals surface area contributed by atoms with Gasteiger partial charge in [0.15, 0.2) is 11.5 Å². The van der Waals surface area contributed by atoms with Gasteiger partial charge in [0.05, 0.1) is 25.8 Å². The summed E-state index contributed by atoms with van der Waals surface area (Å²) in [6.07, 6.45) is 5.85. The molecule has 0 aliphatic carbocycles. The van der Waals surface area contributed by atoms with Gasteiger partial charge >= 0.3 is 0 Å². The van der Waals surface area contributed by atoms with Gasteiger partial charge in [0.1, 0.15) is 0 Å². The summed E-state index contributed by atoms with van der Waals surface area (Å²) in [5.41, 5.74) is 1.70. The standard InChI is InChI=1S/C15H18INO3/c1-19-13-8-11-6-5-10(4-3-7-16)15(18)17-12(11)9-14(13)20-2/h5-6,8-10H,3-4,7H2,1-2H3,(H,17,18). The zero-order valence-corrected chi connectivity index (χ0v) is 13.8. The molecule has 108 valence electrons. The fourth-order valence-corrected chi connectivity index (χ4v) is 2.64. The average Bonchev–Trinajstić information content (AvgIpc) is 2.61. The molecule has 1 aromatic rings. The van der Waals surface area contributed by atoms with Gasteiger partial charge in [-0.1, -0.05) is 34.7 Å². The van der Waals surface area contributed by atoms with Crippen LogP contribution >= 0.6 is 22.6 Å². The summed E-state index contributed by atoms with van der Waals surface area (Å²) >= 11 is 2.33. The average molecular weight is 387 g/mol. The second kappa shape index (κ2) is 6.97. The number of carbonyl (C=O) groups excluding carboxylic acids is 1. The normalized spacial score (nSPS) is 17.1. The van der Waals surface area contributed by atoms with Crippen molar-refractivity contribution in [3.05, 3.63) is 23.8 Å². The molecule has 2 rings (SSSR count). The summed E-state index contributed by atoms with van der Waals surface area (Å²) in [5.74, 6) is 1.24. The van der Waals surface area contributed by atoms with Crippen molar-refractivity contribution in [1.82, 2.24) is 0 Å². The minimum Gasteiger partial charge on any atom is -0.493 e. The van der Waals surface area contributed by atoms with Gasteiger partial charge in [-0.15, -0.1) is 0 Å². The zero-order chi connectivity index (χ0) is 14.5. The van der Waals surface area contributed by atoms with Crippen LogP contribution in [0.2, 0.25) is 0 Å². The number of halogens is 1. The Hall–Kier alpha value is -1.24. The number of nitrogens with one attached hydrogen (secondary N) is 1. The van der Waals surface area contributed by atoms with Crippen LogP contribution in [0.3, 0.4) is 0 Å². The van der Waals surface area contributed by atoms with Crippen LogP contribution in [0.15, 0.2) is 18.2 Å². The summed E-state index contributed by atoms with van der Waals surface area (Å²) < 4.78 is 11.6. The number of ether oxygens (including phenoxy) is 2. The fraction of sp³-hybridized carbons (Fsp3) is 0.400. The van der Waals surface area contributed by atoms with E-state index >= 15 is 0 Å². The maximum Gasteiger partial charge on any atom is 0.231 e. The van der Waals surface area contributed by atoms with Crippen LogP contribution in [-0.2, 0) is 4.79 Å². The number of anilines is 1. The van der Waals surface area contributed by atoms with E-state index in [0.717, 1.165) is 28.5 Å². The molecule has 0 radical (unpaired) electrons. The van der Waals surface area contributed by atoms with E-state index in [9.17, 15) is 4.79 Å². The molecule has 4 nitrogen and oxygen atoms in total. The lowest BCUT2D eigenvalue weighted by atomic mass is 10.0. The lowest BCUT2D eigenvalue weighted by molar-refractivity contribution is -0.118. The van der Waals surface area contributed by atoms with E-state index < -0.39 is 0 Å². The van der Waals surface area contributed by atoms with Gasteiger partial charge in [0.2, 0.25) is 5.91 Å². The maximum absolute atomic E-state index is 12.2. The lowest BCUT2D eigenvalue weighted by Crippen LogP contribution is -2.20. The van der Waals surface area contributed by atoms with E-state index in [4.69, 9.17) is 9.47 Å². The molecule has 1 aromatic carbocycles. The van der Waals surface area contributed by atoms with Gasteiger partial charge in [-0.05, 0) is 23.3 Å². The largest absolute Gasteiger partial charge is 0.493 e.